The summed E-state index contributed by atoms with van der Waals surface area (Å²) in [5.41, 5.74) is 0. The molecule has 0 aromatic carbocycles. The van der Waals surface area contributed by atoms with Crippen molar-refractivity contribution in [2.24, 2.45) is 11.8 Å². The largest absolute Gasteiger partial charge is 0.396 e. The molecule has 0 radical (unpaired) electrons. The Bertz CT molecular complexity index is 314. The van der Waals surface area contributed by atoms with E-state index in [2.05, 4.69) is 4.90 Å². The number of nitrogens with zero attached hydrogens (tertiary/aromatic N) is 1. The molecule has 1 heterocycles. The van der Waals surface area contributed by atoms with E-state index in [1.54, 1.807) is 0 Å². The number of aliphatic hydroxyl groups excluding tert-OH is 1. The van der Waals surface area contributed by atoms with Crippen molar-refractivity contribution >= 4 is 9.84 Å². The van der Waals surface area contributed by atoms with E-state index in [-0.39, 0.29) is 6.61 Å². The third kappa shape index (κ3) is 2.96. The molecule has 2 aliphatic rings. The molecule has 1 saturated heterocycles. The van der Waals surface area contributed by atoms with Crippen LogP contribution in [0.1, 0.15) is 19.3 Å². The van der Waals surface area contributed by atoms with Crippen LogP contribution in [0.2, 0.25) is 0 Å². The third-order valence-electron chi connectivity index (χ3n) is 3.98. The summed E-state index contributed by atoms with van der Waals surface area (Å²) >= 11 is 0. The fourth-order valence-corrected chi connectivity index (χ4v) is 4.14. The van der Waals surface area contributed by atoms with Gasteiger partial charge in [0, 0.05) is 26.2 Å². The van der Waals surface area contributed by atoms with E-state index in [1.807, 2.05) is 0 Å². The van der Waals surface area contributed by atoms with Gasteiger partial charge in [-0.2, -0.15) is 0 Å². The van der Waals surface area contributed by atoms with Crippen molar-refractivity contribution in [1.82, 2.24) is 4.90 Å². The van der Waals surface area contributed by atoms with Crippen LogP contribution >= 0.6 is 0 Å². The zero-order valence-corrected chi connectivity index (χ0v) is 10.5. The molecule has 0 aromatic rings. The monoisotopic (exact) mass is 247 g/mol. The molecule has 0 aromatic heterocycles. The van der Waals surface area contributed by atoms with E-state index in [0.717, 1.165) is 13.0 Å². The van der Waals surface area contributed by atoms with Gasteiger partial charge in [0.05, 0.1) is 11.5 Å². The van der Waals surface area contributed by atoms with Gasteiger partial charge in [-0.3, -0.25) is 0 Å². The topological polar surface area (TPSA) is 57.6 Å². The Morgan fingerprint density at radius 2 is 1.75 bits per heavy atom. The molecular weight excluding hydrogens is 226 g/mol. The Labute approximate surface area is 97.6 Å². The maximum absolute atomic E-state index is 11.3. The first-order chi connectivity index (χ1) is 7.61. The molecule has 1 aliphatic carbocycles. The Balaban J connectivity index is 1.82. The highest BCUT2D eigenvalue weighted by Gasteiger charge is 2.30. The normalized spacial score (nSPS) is 35.3. The van der Waals surface area contributed by atoms with Crippen molar-refractivity contribution < 1.29 is 13.5 Å². The molecule has 5 heteroatoms. The molecule has 2 fully saturated rings. The summed E-state index contributed by atoms with van der Waals surface area (Å²) in [4.78, 5) is 2.25. The molecule has 1 N–H and O–H groups in total. The number of hydrogen-bond acceptors (Lipinski definition) is 4. The van der Waals surface area contributed by atoms with Crippen LogP contribution in [0.3, 0.4) is 0 Å². The van der Waals surface area contributed by atoms with Gasteiger partial charge in [-0.1, -0.05) is 6.42 Å². The molecule has 0 bridgehead atoms. The SMILES string of the molecule is O=S1(=O)CCN(CC2CCCC2CO)CC1. The lowest BCUT2D eigenvalue weighted by Crippen LogP contribution is -2.43. The van der Waals surface area contributed by atoms with E-state index in [0.29, 0.717) is 36.4 Å². The average Bonchev–Trinajstić information content (AvgIpc) is 2.68. The minimum absolute atomic E-state index is 0.288. The molecule has 1 saturated carbocycles. The highest BCUT2D eigenvalue weighted by molar-refractivity contribution is 7.91. The lowest BCUT2D eigenvalue weighted by atomic mass is 9.96. The Kier molecular flexibility index (Phi) is 3.87. The van der Waals surface area contributed by atoms with Crippen LogP contribution in [0.5, 0.6) is 0 Å². The Morgan fingerprint density at radius 1 is 1.12 bits per heavy atom. The molecule has 0 amide bonds. The second kappa shape index (κ2) is 5.02. The van der Waals surface area contributed by atoms with Crippen LogP contribution in [0.4, 0.5) is 0 Å². The third-order valence-corrected chi connectivity index (χ3v) is 5.59. The lowest BCUT2D eigenvalue weighted by molar-refractivity contribution is 0.157. The Morgan fingerprint density at radius 3 is 2.38 bits per heavy atom. The van der Waals surface area contributed by atoms with E-state index in [9.17, 15) is 13.5 Å². The van der Waals surface area contributed by atoms with Crippen molar-refractivity contribution in [2.75, 3.05) is 37.7 Å². The van der Waals surface area contributed by atoms with Crippen LogP contribution in [0.15, 0.2) is 0 Å². The van der Waals surface area contributed by atoms with Crippen molar-refractivity contribution in [3.63, 3.8) is 0 Å². The molecule has 4 nitrogen and oxygen atoms in total. The minimum Gasteiger partial charge on any atom is -0.396 e. The van der Waals surface area contributed by atoms with Gasteiger partial charge in [0.15, 0.2) is 9.84 Å². The smallest absolute Gasteiger partial charge is 0.152 e. The average molecular weight is 247 g/mol. The maximum Gasteiger partial charge on any atom is 0.152 e. The van der Waals surface area contributed by atoms with Crippen LogP contribution in [-0.2, 0) is 9.84 Å². The first kappa shape index (κ1) is 12.3. The van der Waals surface area contributed by atoms with E-state index < -0.39 is 9.84 Å². The first-order valence-corrected chi connectivity index (χ1v) is 7.96. The molecule has 2 atom stereocenters. The minimum atomic E-state index is -2.76. The zero-order chi connectivity index (χ0) is 11.6. The molecule has 16 heavy (non-hydrogen) atoms. The highest BCUT2D eigenvalue weighted by atomic mass is 32.2. The summed E-state index contributed by atoms with van der Waals surface area (Å²) in [6.45, 7) is 2.62. The molecule has 0 spiro atoms. The van der Waals surface area contributed by atoms with Gasteiger partial charge in [0.1, 0.15) is 0 Å². The van der Waals surface area contributed by atoms with E-state index in [1.165, 1.54) is 12.8 Å². The second-order valence-electron chi connectivity index (χ2n) is 5.09. The van der Waals surface area contributed by atoms with Gasteiger partial charge in [-0.05, 0) is 24.7 Å². The summed E-state index contributed by atoms with van der Waals surface area (Å²) < 4.78 is 22.6. The predicted octanol–water partition coefficient (Wildman–Crippen LogP) is 0.125. The molecular formula is C11H21NO3S. The van der Waals surface area contributed by atoms with Crippen molar-refractivity contribution in [3.05, 3.63) is 0 Å². The number of sulfone groups is 1. The van der Waals surface area contributed by atoms with Gasteiger partial charge in [-0.25, -0.2) is 8.42 Å². The lowest BCUT2D eigenvalue weighted by Gasteiger charge is -2.30. The maximum atomic E-state index is 11.3. The van der Waals surface area contributed by atoms with Gasteiger partial charge in [-0.15, -0.1) is 0 Å². The summed E-state index contributed by atoms with van der Waals surface area (Å²) in [6.07, 6.45) is 3.53. The summed E-state index contributed by atoms with van der Waals surface area (Å²) in [5.74, 6) is 1.64. The summed E-state index contributed by atoms with van der Waals surface area (Å²) in [7, 11) is -2.76. The second-order valence-corrected chi connectivity index (χ2v) is 7.39. The van der Waals surface area contributed by atoms with Crippen molar-refractivity contribution in [1.29, 1.82) is 0 Å². The first-order valence-electron chi connectivity index (χ1n) is 6.14. The number of hydrogen-bond donors (Lipinski definition) is 1. The van der Waals surface area contributed by atoms with E-state index >= 15 is 0 Å². The zero-order valence-electron chi connectivity index (χ0n) is 9.64. The molecule has 2 unspecified atom stereocenters. The predicted molar refractivity (Wildman–Crippen MR) is 63.0 cm³/mol. The number of aliphatic hydroxyl groups is 1. The molecule has 1 aliphatic heterocycles. The fourth-order valence-electron chi connectivity index (χ4n) is 2.86. The summed E-state index contributed by atoms with van der Waals surface area (Å²) in [5, 5.41) is 9.23. The molecule has 94 valence electrons. The van der Waals surface area contributed by atoms with Gasteiger partial charge >= 0.3 is 0 Å². The fraction of sp³-hybridized carbons (Fsp3) is 1.00. The standard InChI is InChI=1S/C11H21NO3S/c13-9-11-3-1-2-10(11)8-12-4-6-16(14,15)7-5-12/h10-11,13H,1-9H2. The van der Waals surface area contributed by atoms with Gasteiger partial charge in [0.2, 0.25) is 0 Å². The van der Waals surface area contributed by atoms with Crippen LogP contribution < -0.4 is 0 Å². The quantitative estimate of drug-likeness (QED) is 0.770. The van der Waals surface area contributed by atoms with Gasteiger partial charge in [0.25, 0.3) is 0 Å². The van der Waals surface area contributed by atoms with Crippen LogP contribution in [0, 0.1) is 11.8 Å². The van der Waals surface area contributed by atoms with Crippen LogP contribution in [0.25, 0.3) is 0 Å². The Hall–Kier alpha value is -0.130. The highest BCUT2D eigenvalue weighted by Crippen LogP contribution is 2.32. The van der Waals surface area contributed by atoms with Crippen molar-refractivity contribution in [2.45, 2.75) is 19.3 Å². The van der Waals surface area contributed by atoms with Crippen molar-refractivity contribution in [3.8, 4) is 0 Å². The summed E-state index contributed by atoms with van der Waals surface area (Å²) in [6, 6.07) is 0. The van der Waals surface area contributed by atoms with Gasteiger partial charge < -0.3 is 10.0 Å². The van der Waals surface area contributed by atoms with Crippen LogP contribution in [-0.4, -0.2) is 56.2 Å². The molecule has 2 rings (SSSR count). The number of rotatable bonds is 3. The van der Waals surface area contributed by atoms with E-state index in [4.69, 9.17) is 0 Å².